The number of nitrogens with zero attached hydrogens (tertiary/aromatic N) is 2. The predicted octanol–water partition coefficient (Wildman–Crippen LogP) is 7.90. The molecule has 0 N–H and O–H groups in total. The van der Waals surface area contributed by atoms with Crippen LogP contribution < -0.4 is 9.80 Å². The zero-order valence-corrected chi connectivity index (χ0v) is 23.3. The third-order valence-corrected chi connectivity index (χ3v) is 7.79. The molecule has 2 amide bonds. The van der Waals surface area contributed by atoms with E-state index >= 15 is 0 Å². The van der Waals surface area contributed by atoms with Crippen LogP contribution in [0, 0.1) is 13.8 Å². The number of hydrogen-bond acceptors (Lipinski definition) is 2. The van der Waals surface area contributed by atoms with Crippen molar-refractivity contribution in [3.63, 3.8) is 0 Å². The van der Waals surface area contributed by atoms with Crippen LogP contribution in [0.25, 0.3) is 6.08 Å². The molecule has 4 aromatic rings. The Kier molecular flexibility index (Phi) is 6.47. The number of aryl methyl sites for hydroxylation is 2. The average Bonchev–Trinajstić information content (AvgIpc) is 3.41. The summed E-state index contributed by atoms with van der Waals surface area (Å²) < 4.78 is 0. The summed E-state index contributed by atoms with van der Waals surface area (Å²) in [6, 6.07) is 33.7. The molecule has 0 saturated carbocycles. The molecule has 198 valence electrons. The summed E-state index contributed by atoms with van der Waals surface area (Å²) in [5.41, 5.74) is 8.54. The first-order chi connectivity index (χ1) is 19.3. The minimum Gasteiger partial charge on any atom is -0.295 e. The fourth-order valence-corrected chi connectivity index (χ4v) is 5.58. The Balaban J connectivity index is 1.58. The van der Waals surface area contributed by atoms with Crippen molar-refractivity contribution in [2.45, 2.75) is 39.7 Å². The van der Waals surface area contributed by atoms with Crippen LogP contribution in [0.15, 0.2) is 120 Å². The summed E-state index contributed by atoms with van der Waals surface area (Å²) in [4.78, 5) is 32.1. The van der Waals surface area contributed by atoms with E-state index in [4.69, 9.17) is 0 Å². The van der Waals surface area contributed by atoms with Gasteiger partial charge in [-0.2, -0.15) is 0 Å². The van der Waals surface area contributed by atoms with Crippen LogP contribution in [0.5, 0.6) is 0 Å². The van der Waals surface area contributed by atoms with Crippen molar-refractivity contribution < 1.29 is 9.59 Å². The topological polar surface area (TPSA) is 40.6 Å². The van der Waals surface area contributed by atoms with Crippen molar-refractivity contribution in [2.75, 3.05) is 9.80 Å². The summed E-state index contributed by atoms with van der Waals surface area (Å²) >= 11 is 0. The van der Waals surface area contributed by atoms with Crippen molar-refractivity contribution in [2.24, 2.45) is 0 Å². The van der Waals surface area contributed by atoms with Crippen LogP contribution in [-0.2, 0) is 9.59 Å². The lowest BCUT2D eigenvalue weighted by molar-refractivity contribution is -0.118. The van der Waals surface area contributed by atoms with E-state index in [9.17, 15) is 9.59 Å². The Morgan fingerprint density at radius 2 is 1.25 bits per heavy atom. The molecule has 40 heavy (non-hydrogen) atoms. The Morgan fingerprint density at radius 3 is 1.82 bits per heavy atom. The van der Waals surface area contributed by atoms with E-state index in [1.54, 1.807) is 4.90 Å². The van der Waals surface area contributed by atoms with Gasteiger partial charge in [0.05, 0.1) is 6.04 Å². The molecular formula is C36H32N2O2. The number of amides is 2. The maximum absolute atomic E-state index is 14.4. The quantitative estimate of drug-likeness (QED) is 0.249. The van der Waals surface area contributed by atoms with Crippen LogP contribution in [0.3, 0.4) is 0 Å². The van der Waals surface area contributed by atoms with E-state index in [-0.39, 0.29) is 11.8 Å². The predicted molar refractivity (Wildman–Crippen MR) is 162 cm³/mol. The van der Waals surface area contributed by atoms with Gasteiger partial charge in [0.25, 0.3) is 11.8 Å². The monoisotopic (exact) mass is 524 g/mol. The number of hydrogen-bond donors (Lipinski definition) is 0. The zero-order valence-electron chi connectivity index (χ0n) is 23.3. The second-order valence-electron chi connectivity index (χ2n) is 10.9. The van der Waals surface area contributed by atoms with Crippen molar-refractivity contribution in [1.82, 2.24) is 0 Å². The Hall–Kier alpha value is -4.70. The highest BCUT2D eigenvalue weighted by atomic mass is 16.2. The lowest BCUT2D eigenvalue weighted by atomic mass is 9.92. The van der Waals surface area contributed by atoms with E-state index in [0.717, 1.165) is 33.5 Å². The molecule has 0 aliphatic carbocycles. The molecule has 4 heteroatoms. The van der Waals surface area contributed by atoms with Crippen LogP contribution in [0.2, 0.25) is 0 Å². The number of anilines is 2. The highest BCUT2D eigenvalue weighted by Gasteiger charge is 2.52. The van der Waals surface area contributed by atoms with Crippen molar-refractivity contribution in [1.29, 1.82) is 0 Å². The van der Waals surface area contributed by atoms with E-state index in [1.165, 1.54) is 5.56 Å². The van der Waals surface area contributed by atoms with Gasteiger partial charge in [-0.1, -0.05) is 104 Å². The standard InChI is InChI=1S/C36H32N2O2/c1-23(2)27-16-14-26(15-17-27)22-31-32-33(28-8-6-5-7-9-28)37(29-18-10-24(3)11-19-29)36(40)34(32)38(35(31)39)30-20-12-25(4)13-21-30/h5-23,33H,1-4H3/b31-22-/t33-/m0/s1. The van der Waals surface area contributed by atoms with Gasteiger partial charge in [-0.3, -0.25) is 19.4 Å². The molecule has 1 atom stereocenters. The van der Waals surface area contributed by atoms with Gasteiger partial charge in [-0.25, -0.2) is 0 Å². The van der Waals surface area contributed by atoms with Gasteiger partial charge < -0.3 is 0 Å². The summed E-state index contributed by atoms with van der Waals surface area (Å²) in [5, 5.41) is 0. The first-order valence-corrected chi connectivity index (χ1v) is 13.8. The van der Waals surface area contributed by atoms with Crippen LogP contribution in [0.4, 0.5) is 11.4 Å². The third kappa shape index (κ3) is 4.36. The summed E-state index contributed by atoms with van der Waals surface area (Å²) in [6.45, 7) is 8.38. The Labute approximate surface area is 235 Å². The molecule has 0 fully saturated rings. The molecule has 0 unspecified atom stereocenters. The molecule has 4 nitrogen and oxygen atoms in total. The molecule has 0 aromatic heterocycles. The van der Waals surface area contributed by atoms with Crippen LogP contribution >= 0.6 is 0 Å². The lowest BCUT2D eigenvalue weighted by Gasteiger charge is -2.30. The molecule has 0 saturated heterocycles. The summed E-state index contributed by atoms with van der Waals surface area (Å²) in [7, 11) is 0. The molecule has 2 aliphatic rings. The smallest absolute Gasteiger partial charge is 0.276 e. The van der Waals surface area contributed by atoms with Gasteiger partial charge >= 0.3 is 0 Å². The average molecular weight is 525 g/mol. The fourth-order valence-electron chi connectivity index (χ4n) is 5.58. The SMILES string of the molecule is Cc1ccc(N2C(=O)/C(=C\c3ccc(C(C)C)cc3)C3=C2C(=O)N(c2ccc(C)cc2)[C@H]3c2ccccc2)cc1. The van der Waals surface area contributed by atoms with Crippen molar-refractivity contribution in [3.05, 3.63) is 148 Å². The van der Waals surface area contributed by atoms with Gasteiger partial charge in [-0.05, 0) is 66.8 Å². The van der Waals surface area contributed by atoms with E-state index in [0.29, 0.717) is 22.9 Å². The van der Waals surface area contributed by atoms with Crippen molar-refractivity contribution in [3.8, 4) is 0 Å². The van der Waals surface area contributed by atoms with E-state index in [1.807, 2.05) is 104 Å². The van der Waals surface area contributed by atoms with Gasteiger partial charge in [-0.15, -0.1) is 0 Å². The summed E-state index contributed by atoms with van der Waals surface area (Å²) in [6.07, 6.45) is 1.94. The molecule has 6 rings (SSSR count). The maximum atomic E-state index is 14.4. The first-order valence-electron chi connectivity index (χ1n) is 13.8. The number of benzene rings is 4. The largest absolute Gasteiger partial charge is 0.295 e. The number of carbonyl (C=O) groups excluding carboxylic acids is 2. The lowest BCUT2D eigenvalue weighted by Crippen LogP contribution is -2.38. The van der Waals surface area contributed by atoms with Crippen molar-refractivity contribution >= 4 is 29.3 Å². The highest BCUT2D eigenvalue weighted by Crippen LogP contribution is 2.50. The zero-order chi connectivity index (χ0) is 28.0. The molecule has 0 spiro atoms. The first kappa shape index (κ1) is 25.6. The number of rotatable bonds is 5. The number of carbonyl (C=O) groups is 2. The molecule has 4 aromatic carbocycles. The molecule has 0 radical (unpaired) electrons. The van der Waals surface area contributed by atoms with Gasteiger partial charge in [0.2, 0.25) is 0 Å². The third-order valence-electron chi connectivity index (χ3n) is 7.79. The summed E-state index contributed by atoms with van der Waals surface area (Å²) in [5.74, 6) is 0.0546. The van der Waals surface area contributed by atoms with E-state index < -0.39 is 6.04 Å². The van der Waals surface area contributed by atoms with Gasteiger partial charge in [0.15, 0.2) is 0 Å². The molecule has 2 aliphatic heterocycles. The van der Waals surface area contributed by atoms with Crippen LogP contribution in [0.1, 0.15) is 53.6 Å². The van der Waals surface area contributed by atoms with Crippen LogP contribution in [-0.4, -0.2) is 11.8 Å². The normalized spacial score (nSPS) is 17.9. The maximum Gasteiger partial charge on any atom is 0.276 e. The molecular weight excluding hydrogens is 492 g/mol. The Morgan fingerprint density at radius 1 is 0.675 bits per heavy atom. The highest BCUT2D eigenvalue weighted by molar-refractivity contribution is 6.29. The van der Waals surface area contributed by atoms with E-state index in [2.05, 4.69) is 38.1 Å². The minimum absolute atomic E-state index is 0.180. The fraction of sp³-hybridized carbons (Fsp3) is 0.167. The second-order valence-corrected chi connectivity index (χ2v) is 10.9. The van der Waals surface area contributed by atoms with Gasteiger partial charge in [0, 0.05) is 22.5 Å². The minimum atomic E-state index is -0.438. The van der Waals surface area contributed by atoms with Gasteiger partial charge in [0.1, 0.15) is 5.70 Å². The Bertz CT molecular complexity index is 1650. The second kappa shape index (κ2) is 10.1. The molecule has 2 heterocycles. The molecule has 0 bridgehead atoms.